The van der Waals surface area contributed by atoms with Crippen LogP contribution in [0.2, 0.25) is 0 Å². The molecule has 4 aliphatic rings. The van der Waals surface area contributed by atoms with E-state index in [1.165, 1.54) is 0 Å². The molecule has 0 saturated carbocycles. The molecule has 2 atom stereocenters. The molecular weight excluding hydrogens is 338 g/mol. The predicted octanol–water partition coefficient (Wildman–Crippen LogP) is 2.62. The number of nitrogens with zero attached hydrogens (tertiary/aromatic N) is 3. The van der Waals surface area contributed by atoms with E-state index in [2.05, 4.69) is 16.7 Å². The van der Waals surface area contributed by atoms with Crippen molar-refractivity contribution in [3.8, 4) is 0 Å². The van der Waals surface area contributed by atoms with Crippen LogP contribution in [0.3, 0.4) is 0 Å². The average molecular weight is 370 g/mol. The van der Waals surface area contributed by atoms with Crippen LogP contribution in [0.25, 0.3) is 0 Å². The Kier molecular flexibility index (Phi) is 5.48. The minimum Gasteiger partial charge on any atom is -0.339 e. The molecule has 0 radical (unpaired) electrons. The van der Waals surface area contributed by atoms with Crippen molar-refractivity contribution in [3.05, 3.63) is 35.9 Å². The smallest absolute Gasteiger partial charge is 0.253 e. The largest absolute Gasteiger partial charge is 0.339 e. The first-order valence-electron chi connectivity index (χ1n) is 10.6. The van der Waals surface area contributed by atoms with E-state index in [1.54, 1.807) is 0 Å². The number of hydrogen-bond acceptors (Lipinski definition) is 3. The Balaban J connectivity index is 1.37. The van der Waals surface area contributed by atoms with Gasteiger partial charge in [0, 0.05) is 50.4 Å². The second-order valence-electron chi connectivity index (χ2n) is 8.30. The van der Waals surface area contributed by atoms with Gasteiger partial charge in [-0.3, -0.25) is 14.5 Å². The second kappa shape index (κ2) is 8.01. The van der Waals surface area contributed by atoms with Crippen LogP contribution in [0.5, 0.6) is 0 Å². The standard InChI is InChI=1S/C22H31N3O2/c1-2-12-25-20-9-8-18(22(25)27)15-24(16-20)19-10-13-23(14-11-19)21(26)17-6-4-3-5-7-17/h3-7,18-20H,2,8-16H2,1H3/t18-,20+/m0/s1. The molecule has 1 aromatic rings. The van der Waals surface area contributed by atoms with Crippen LogP contribution in [0.15, 0.2) is 30.3 Å². The lowest BCUT2D eigenvalue weighted by Gasteiger charge is -2.39. The zero-order valence-corrected chi connectivity index (χ0v) is 16.3. The third-order valence-electron chi connectivity index (χ3n) is 6.57. The highest BCUT2D eigenvalue weighted by Crippen LogP contribution is 2.32. The molecule has 5 rings (SSSR count). The van der Waals surface area contributed by atoms with Gasteiger partial charge in [-0.05, 0) is 44.2 Å². The molecule has 27 heavy (non-hydrogen) atoms. The molecule has 2 amide bonds. The van der Waals surface area contributed by atoms with Crippen LogP contribution in [0.1, 0.15) is 49.4 Å². The van der Waals surface area contributed by atoms with Gasteiger partial charge in [0.2, 0.25) is 5.91 Å². The van der Waals surface area contributed by atoms with Gasteiger partial charge in [-0.25, -0.2) is 0 Å². The lowest BCUT2D eigenvalue weighted by molar-refractivity contribution is -0.139. The summed E-state index contributed by atoms with van der Waals surface area (Å²) in [6.07, 6.45) is 5.26. The number of amides is 2. The van der Waals surface area contributed by atoms with Crippen molar-refractivity contribution in [2.45, 2.75) is 51.1 Å². The molecule has 0 N–H and O–H groups in total. The highest BCUT2D eigenvalue weighted by molar-refractivity contribution is 5.94. The van der Waals surface area contributed by atoms with Gasteiger partial charge in [0.25, 0.3) is 5.91 Å². The van der Waals surface area contributed by atoms with Gasteiger partial charge in [-0.2, -0.15) is 0 Å². The van der Waals surface area contributed by atoms with Crippen molar-refractivity contribution >= 4 is 11.8 Å². The highest BCUT2D eigenvalue weighted by atomic mass is 16.2. The van der Waals surface area contributed by atoms with Crippen LogP contribution >= 0.6 is 0 Å². The summed E-state index contributed by atoms with van der Waals surface area (Å²) in [6, 6.07) is 10.5. The molecule has 0 spiro atoms. The number of carbonyl (C=O) groups excluding carboxylic acids is 2. The van der Waals surface area contributed by atoms with E-state index in [4.69, 9.17) is 0 Å². The van der Waals surface area contributed by atoms with E-state index in [-0.39, 0.29) is 11.8 Å². The first-order chi connectivity index (χ1) is 13.2. The van der Waals surface area contributed by atoms with Crippen LogP contribution in [-0.2, 0) is 4.79 Å². The van der Waals surface area contributed by atoms with E-state index in [0.29, 0.717) is 18.0 Å². The van der Waals surface area contributed by atoms with Gasteiger partial charge < -0.3 is 9.80 Å². The first-order valence-corrected chi connectivity index (χ1v) is 10.6. The third-order valence-corrected chi connectivity index (χ3v) is 6.57. The summed E-state index contributed by atoms with van der Waals surface area (Å²) in [7, 11) is 0. The molecule has 2 bridgehead atoms. The Labute approximate surface area is 162 Å². The Morgan fingerprint density at radius 1 is 1.00 bits per heavy atom. The molecule has 4 heterocycles. The maximum absolute atomic E-state index is 12.8. The maximum Gasteiger partial charge on any atom is 0.253 e. The summed E-state index contributed by atoms with van der Waals surface area (Å²) < 4.78 is 0. The number of fused-ring (bicyclic) bond motifs is 4. The fourth-order valence-electron chi connectivity index (χ4n) is 5.10. The van der Waals surface area contributed by atoms with Crippen LogP contribution in [0.4, 0.5) is 0 Å². The van der Waals surface area contributed by atoms with Gasteiger partial charge in [0.1, 0.15) is 0 Å². The van der Waals surface area contributed by atoms with Crippen molar-refractivity contribution in [1.82, 2.24) is 14.7 Å². The van der Waals surface area contributed by atoms with Gasteiger partial charge in [0.15, 0.2) is 0 Å². The molecule has 5 heteroatoms. The average Bonchev–Trinajstić information content (AvgIpc) is 3.01. The van der Waals surface area contributed by atoms with Gasteiger partial charge >= 0.3 is 0 Å². The van der Waals surface area contributed by atoms with Crippen molar-refractivity contribution in [1.29, 1.82) is 0 Å². The van der Waals surface area contributed by atoms with E-state index >= 15 is 0 Å². The summed E-state index contributed by atoms with van der Waals surface area (Å²) in [5, 5.41) is 0. The number of benzene rings is 1. The molecule has 4 saturated heterocycles. The molecule has 0 aromatic heterocycles. The lowest BCUT2D eigenvalue weighted by atomic mass is 9.94. The van der Waals surface area contributed by atoms with Gasteiger partial charge in [-0.1, -0.05) is 25.1 Å². The number of likely N-dealkylation sites (tertiary alicyclic amines) is 1. The molecule has 0 unspecified atom stereocenters. The summed E-state index contributed by atoms with van der Waals surface area (Å²) in [6.45, 7) is 6.61. The summed E-state index contributed by atoms with van der Waals surface area (Å²) in [4.78, 5) is 32.2. The zero-order valence-electron chi connectivity index (χ0n) is 16.3. The number of piperidine rings is 2. The Morgan fingerprint density at radius 2 is 1.74 bits per heavy atom. The topological polar surface area (TPSA) is 43.9 Å². The van der Waals surface area contributed by atoms with E-state index in [9.17, 15) is 9.59 Å². The molecule has 1 aromatic carbocycles. The number of carbonyl (C=O) groups is 2. The van der Waals surface area contributed by atoms with Crippen molar-refractivity contribution in [2.24, 2.45) is 5.92 Å². The minimum absolute atomic E-state index is 0.147. The van der Waals surface area contributed by atoms with Crippen LogP contribution in [0, 0.1) is 5.92 Å². The molecule has 0 aliphatic carbocycles. The quantitative estimate of drug-likeness (QED) is 0.819. The zero-order chi connectivity index (χ0) is 18.8. The monoisotopic (exact) mass is 369 g/mol. The second-order valence-corrected chi connectivity index (χ2v) is 8.30. The van der Waals surface area contributed by atoms with E-state index in [0.717, 1.165) is 70.4 Å². The van der Waals surface area contributed by atoms with Crippen molar-refractivity contribution in [3.63, 3.8) is 0 Å². The van der Waals surface area contributed by atoms with Crippen LogP contribution in [-0.4, -0.2) is 71.3 Å². The predicted molar refractivity (Wildman–Crippen MR) is 105 cm³/mol. The van der Waals surface area contributed by atoms with Crippen molar-refractivity contribution in [2.75, 3.05) is 32.7 Å². The van der Waals surface area contributed by atoms with Gasteiger partial charge in [-0.15, -0.1) is 0 Å². The van der Waals surface area contributed by atoms with Crippen molar-refractivity contribution < 1.29 is 9.59 Å². The normalized spacial score (nSPS) is 27.1. The Morgan fingerprint density at radius 3 is 2.44 bits per heavy atom. The van der Waals surface area contributed by atoms with E-state index < -0.39 is 0 Å². The molecule has 4 aliphatic heterocycles. The summed E-state index contributed by atoms with van der Waals surface area (Å²) in [5.41, 5.74) is 0.782. The summed E-state index contributed by atoms with van der Waals surface area (Å²) in [5.74, 6) is 0.709. The first kappa shape index (κ1) is 18.5. The third kappa shape index (κ3) is 3.75. The maximum atomic E-state index is 12.8. The Hall–Kier alpha value is -1.88. The number of rotatable bonds is 4. The minimum atomic E-state index is 0.147. The highest BCUT2D eigenvalue weighted by Gasteiger charge is 2.42. The lowest BCUT2D eigenvalue weighted by Crippen LogP contribution is -2.50. The fourth-order valence-corrected chi connectivity index (χ4v) is 5.10. The molecule has 5 nitrogen and oxygen atoms in total. The van der Waals surface area contributed by atoms with Crippen LogP contribution < -0.4 is 0 Å². The number of hydrogen-bond donors (Lipinski definition) is 0. The molecular formula is C22H31N3O2. The SMILES string of the molecule is CCCN1C(=O)[C@H]2CC[C@@H]1CN(C1CCN(C(=O)c3ccccc3)CC1)C2. The summed E-state index contributed by atoms with van der Waals surface area (Å²) >= 11 is 0. The van der Waals surface area contributed by atoms with Gasteiger partial charge in [0.05, 0.1) is 5.92 Å². The molecule has 146 valence electrons. The fraction of sp³-hybridized carbons (Fsp3) is 0.636. The Bertz CT molecular complexity index is 669. The molecule has 4 fully saturated rings. The van der Waals surface area contributed by atoms with E-state index in [1.807, 2.05) is 35.2 Å².